The van der Waals surface area contributed by atoms with Gasteiger partial charge >= 0.3 is 0 Å². The number of benzene rings is 1. The summed E-state index contributed by atoms with van der Waals surface area (Å²) in [5.74, 6) is 1.18. The van der Waals surface area contributed by atoms with E-state index in [-0.39, 0.29) is 11.7 Å². The Morgan fingerprint density at radius 2 is 1.95 bits per heavy atom. The number of halogens is 1. The molecule has 1 fully saturated rings. The lowest BCUT2D eigenvalue weighted by atomic mass is 9.93. The second-order valence-electron chi connectivity index (χ2n) is 5.80. The standard InChI is InChI=1S/C16H19FN4O/c1-20-11-18-19-15(20)10-12-6-8-21(9-7-12)16(22)13-2-4-14(17)5-3-13/h2-5,11-12H,6-10H2,1H3. The molecule has 6 heteroatoms. The van der Waals surface area contributed by atoms with Crippen LogP contribution in [0.4, 0.5) is 4.39 Å². The third-order valence-electron chi connectivity index (χ3n) is 4.27. The van der Waals surface area contributed by atoms with Crippen LogP contribution < -0.4 is 0 Å². The van der Waals surface area contributed by atoms with Gasteiger partial charge in [0.2, 0.25) is 0 Å². The molecule has 0 unspecified atom stereocenters. The Morgan fingerprint density at radius 3 is 2.55 bits per heavy atom. The monoisotopic (exact) mass is 302 g/mol. The highest BCUT2D eigenvalue weighted by Crippen LogP contribution is 2.22. The van der Waals surface area contributed by atoms with Gasteiger partial charge in [-0.2, -0.15) is 0 Å². The Labute approximate surface area is 128 Å². The van der Waals surface area contributed by atoms with Crippen LogP contribution in [-0.4, -0.2) is 38.7 Å². The quantitative estimate of drug-likeness (QED) is 0.872. The Kier molecular flexibility index (Phi) is 4.18. The van der Waals surface area contributed by atoms with Crippen LogP contribution in [0.25, 0.3) is 0 Å². The SMILES string of the molecule is Cn1cnnc1CC1CCN(C(=O)c2ccc(F)cc2)CC1. The van der Waals surface area contributed by atoms with Gasteiger partial charge in [0.05, 0.1) is 0 Å². The van der Waals surface area contributed by atoms with Crippen LogP contribution >= 0.6 is 0 Å². The number of carbonyl (C=O) groups is 1. The highest BCUT2D eigenvalue weighted by molar-refractivity contribution is 5.94. The van der Waals surface area contributed by atoms with Crippen molar-refractivity contribution in [3.05, 3.63) is 47.8 Å². The largest absolute Gasteiger partial charge is 0.339 e. The maximum atomic E-state index is 12.9. The molecule has 0 radical (unpaired) electrons. The minimum atomic E-state index is -0.320. The number of hydrogen-bond acceptors (Lipinski definition) is 3. The summed E-state index contributed by atoms with van der Waals surface area (Å²) in [5.41, 5.74) is 0.549. The molecule has 1 aliphatic rings. The van der Waals surface area contributed by atoms with E-state index in [2.05, 4.69) is 10.2 Å². The van der Waals surface area contributed by atoms with Gasteiger partial charge in [-0.25, -0.2) is 4.39 Å². The van der Waals surface area contributed by atoms with Crippen LogP contribution in [0.1, 0.15) is 29.0 Å². The molecule has 5 nitrogen and oxygen atoms in total. The Bertz CT molecular complexity index is 644. The minimum Gasteiger partial charge on any atom is -0.339 e. The van der Waals surface area contributed by atoms with Gasteiger partial charge in [-0.1, -0.05) is 0 Å². The molecule has 0 atom stereocenters. The molecule has 0 spiro atoms. The first-order valence-electron chi connectivity index (χ1n) is 7.51. The van der Waals surface area contributed by atoms with Crippen LogP contribution in [0, 0.1) is 11.7 Å². The summed E-state index contributed by atoms with van der Waals surface area (Å²) >= 11 is 0. The van der Waals surface area contributed by atoms with Crippen molar-refractivity contribution in [2.45, 2.75) is 19.3 Å². The van der Waals surface area contributed by atoms with Crippen molar-refractivity contribution in [2.75, 3.05) is 13.1 Å². The fraction of sp³-hybridized carbons (Fsp3) is 0.438. The van der Waals surface area contributed by atoms with E-state index in [9.17, 15) is 9.18 Å². The zero-order chi connectivity index (χ0) is 15.5. The summed E-state index contributed by atoms with van der Waals surface area (Å²) in [6.07, 6.45) is 4.52. The molecule has 3 rings (SSSR count). The maximum Gasteiger partial charge on any atom is 0.253 e. The molecule has 22 heavy (non-hydrogen) atoms. The second-order valence-corrected chi connectivity index (χ2v) is 5.80. The topological polar surface area (TPSA) is 51.0 Å². The van der Waals surface area contributed by atoms with Crippen LogP contribution in [0.5, 0.6) is 0 Å². The van der Waals surface area contributed by atoms with E-state index in [1.165, 1.54) is 12.1 Å². The number of aromatic nitrogens is 3. The smallest absolute Gasteiger partial charge is 0.253 e. The highest BCUT2D eigenvalue weighted by atomic mass is 19.1. The Balaban J connectivity index is 1.56. The van der Waals surface area contributed by atoms with Gasteiger partial charge in [0.15, 0.2) is 0 Å². The molecule has 116 valence electrons. The van der Waals surface area contributed by atoms with Crippen molar-refractivity contribution in [2.24, 2.45) is 13.0 Å². The summed E-state index contributed by atoms with van der Waals surface area (Å²) in [4.78, 5) is 14.2. The first-order chi connectivity index (χ1) is 10.6. The summed E-state index contributed by atoms with van der Waals surface area (Å²) in [5, 5.41) is 8.01. The maximum absolute atomic E-state index is 12.9. The third kappa shape index (κ3) is 3.16. The number of piperidine rings is 1. The van der Waals surface area contributed by atoms with Crippen molar-refractivity contribution >= 4 is 5.91 Å². The molecular formula is C16H19FN4O. The minimum absolute atomic E-state index is 0.0166. The molecule has 0 aliphatic carbocycles. The summed E-state index contributed by atoms with van der Waals surface area (Å²) in [6, 6.07) is 5.74. The molecule has 1 aliphatic heterocycles. The molecule has 1 saturated heterocycles. The zero-order valence-corrected chi connectivity index (χ0v) is 12.6. The summed E-state index contributed by atoms with van der Waals surface area (Å²) in [7, 11) is 1.95. The average Bonchev–Trinajstić information content (AvgIpc) is 2.93. The van der Waals surface area contributed by atoms with Crippen molar-refractivity contribution in [1.29, 1.82) is 0 Å². The van der Waals surface area contributed by atoms with Gasteiger partial charge < -0.3 is 9.47 Å². The van der Waals surface area contributed by atoms with E-state index in [1.54, 1.807) is 18.5 Å². The fourth-order valence-corrected chi connectivity index (χ4v) is 2.87. The molecule has 1 aromatic heterocycles. The Hall–Kier alpha value is -2.24. The molecule has 2 aromatic rings. The second kappa shape index (κ2) is 6.25. The molecule has 1 amide bonds. The normalized spacial score (nSPS) is 16.0. The number of carbonyl (C=O) groups excluding carboxylic acids is 1. The molecule has 0 saturated carbocycles. The van der Waals surface area contributed by atoms with E-state index in [4.69, 9.17) is 0 Å². The predicted octanol–water partition coefficient (Wildman–Crippen LogP) is 2.05. The molecule has 0 N–H and O–H groups in total. The number of likely N-dealkylation sites (tertiary alicyclic amines) is 1. The lowest BCUT2D eigenvalue weighted by molar-refractivity contribution is 0.0689. The lowest BCUT2D eigenvalue weighted by Gasteiger charge is -2.31. The van der Waals surface area contributed by atoms with Crippen molar-refractivity contribution in [3.63, 3.8) is 0 Å². The molecule has 2 heterocycles. The summed E-state index contributed by atoms with van der Waals surface area (Å²) < 4.78 is 14.9. The van der Waals surface area contributed by atoms with Crippen molar-refractivity contribution in [3.8, 4) is 0 Å². The summed E-state index contributed by atoms with van der Waals surface area (Å²) in [6.45, 7) is 1.47. The van der Waals surface area contributed by atoms with Crippen LogP contribution in [0.15, 0.2) is 30.6 Å². The molecule has 1 aromatic carbocycles. The lowest BCUT2D eigenvalue weighted by Crippen LogP contribution is -2.39. The average molecular weight is 302 g/mol. The Morgan fingerprint density at radius 1 is 1.27 bits per heavy atom. The number of aryl methyl sites for hydroxylation is 1. The first-order valence-corrected chi connectivity index (χ1v) is 7.51. The predicted molar refractivity (Wildman–Crippen MR) is 79.7 cm³/mol. The van der Waals surface area contributed by atoms with Gasteiger partial charge in [-0.3, -0.25) is 4.79 Å². The van der Waals surface area contributed by atoms with E-state index in [0.717, 1.165) is 38.2 Å². The van der Waals surface area contributed by atoms with Crippen LogP contribution in [0.2, 0.25) is 0 Å². The first kappa shape index (κ1) is 14.7. The van der Waals surface area contributed by atoms with Gasteiger partial charge in [-0.15, -0.1) is 10.2 Å². The van der Waals surface area contributed by atoms with Crippen molar-refractivity contribution in [1.82, 2.24) is 19.7 Å². The van der Waals surface area contributed by atoms with Gasteiger partial charge in [0.1, 0.15) is 18.0 Å². The van der Waals surface area contributed by atoms with E-state index < -0.39 is 0 Å². The van der Waals surface area contributed by atoms with E-state index in [0.29, 0.717) is 11.5 Å². The number of rotatable bonds is 3. The van der Waals surface area contributed by atoms with Crippen LogP contribution in [-0.2, 0) is 13.5 Å². The zero-order valence-electron chi connectivity index (χ0n) is 12.6. The molecule has 0 bridgehead atoms. The number of nitrogens with zero attached hydrogens (tertiary/aromatic N) is 4. The number of hydrogen-bond donors (Lipinski definition) is 0. The van der Waals surface area contributed by atoms with Crippen LogP contribution in [0.3, 0.4) is 0 Å². The van der Waals surface area contributed by atoms with Gasteiger partial charge in [0, 0.05) is 32.1 Å². The molecular weight excluding hydrogens is 283 g/mol. The van der Waals surface area contributed by atoms with E-state index in [1.807, 2.05) is 16.5 Å². The van der Waals surface area contributed by atoms with Gasteiger partial charge in [-0.05, 0) is 43.0 Å². The third-order valence-corrected chi connectivity index (χ3v) is 4.27. The highest BCUT2D eigenvalue weighted by Gasteiger charge is 2.24. The fourth-order valence-electron chi connectivity index (χ4n) is 2.87. The van der Waals surface area contributed by atoms with E-state index >= 15 is 0 Å². The van der Waals surface area contributed by atoms with Crippen molar-refractivity contribution < 1.29 is 9.18 Å². The number of amides is 1. The van der Waals surface area contributed by atoms with Gasteiger partial charge in [0.25, 0.3) is 5.91 Å².